The summed E-state index contributed by atoms with van der Waals surface area (Å²) in [5.41, 5.74) is 2.43. The predicted molar refractivity (Wildman–Crippen MR) is 61.3 cm³/mol. The molecule has 0 fully saturated rings. The van der Waals surface area contributed by atoms with Crippen LogP contribution >= 0.6 is 11.3 Å². The van der Waals surface area contributed by atoms with Gasteiger partial charge in [-0.2, -0.15) is 0 Å². The smallest absolute Gasteiger partial charge is 0.203 e. The first-order valence-corrected chi connectivity index (χ1v) is 6.71. The molecule has 0 atom stereocenters. The first-order valence-electron chi connectivity index (χ1n) is 4.39. The largest absolute Gasteiger partial charge is 0.342 e. The van der Waals surface area contributed by atoms with Gasteiger partial charge in [-0.15, -0.1) is 11.3 Å². The summed E-state index contributed by atoms with van der Waals surface area (Å²) in [5, 5.41) is 7.23. The zero-order valence-electron chi connectivity index (χ0n) is 8.36. The van der Waals surface area contributed by atoms with Crippen LogP contribution in [0.1, 0.15) is 5.56 Å². The van der Waals surface area contributed by atoms with Crippen LogP contribution in [0.2, 0.25) is 0 Å². The van der Waals surface area contributed by atoms with Gasteiger partial charge in [0.05, 0.1) is 10.4 Å². The summed E-state index contributed by atoms with van der Waals surface area (Å²) >= 11 is 1.08. The average Bonchev–Trinajstić information content (AvgIpc) is 2.70. The third-order valence-corrected chi connectivity index (χ3v) is 3.85. The fourth-order valence-electron chi connectivity index (χ4n) is 1.07. The Hall–Kier alpha value is -1.47. The summed E-state index contributed by atoms with van der Waals surface area (Å²) in [4.78, 5) is 0.160. The molecule has 2 aromatic rings. The Balaban J connectivity index is 2.29. The number of hydrogen-bond acceptors (Lipinski definition) is 5. The van der Waals surface area contributed by atoms with Crippen LogP contribution in [0.15, 0.2) is 34.7 Å². The monoisotopic (exact) mass is 254 g/mol. The highest BCUT2D eigenvalue weighted by molar-refractivity contribution is 7.94. The number of aryl methyl sites for hydroxylation is 1. The van der Waals surface area contributed by atoms with E-state index >= 15 is 0 Å². The number of sulfonamides is 1. The van der Waals surface area contributed by atoms with Crippen molar-refractivity contribution < 1.29 is 8.42 Å². The van der Waals surface area contributed by atoms with Crippen molar-refractivity contribution in [3.05, 3.63) is 40.1 Å². The van der Waals surface area contributed by atoms with Crippen molar-refractivity contribution in [3.8, 4) is 0 Å². The third-order valence-electron chi connectivity index (χ3n) is 1.87. The van der Waals surface area contributed by atoms with Crippen LogP contribution in [0.3, 0.4) is 0 Å². The van der Waals surface area contributed by atoms with Crippen LogP contribution in [-0.2, 0) is 10.0 Å². The van der Waals surface area contributed by atoms with Crippen molar-refractivity contribution in [1.82, 2.24) is 10.2 Å². The molecule has 0 aliphatic carbocycles. The molecule has 0 saturated carbocycles. The zero-order chi connectivity index (χ0) is 11.6. The first-order chi connectivity index (χ1) is 7.58. The van der Waals surface area contributed by atoms with E-state index in [9.17, 15) is 8.42 Å². The molecule has 2 rings (SSSR count). The SMILES string of the molecule is Cc1ccc(S(=O)(=O)[N-]c2nncs2)cc1. The van der Waals surface area contributed by atoms with Crippen molar-refractivity contribution in [2.24, 2.45) is 0 Å². The summed E-state index contributed by atoms with van der Waals surface area (Å²) in [5.74, 6) is 0. The molecule has 0 radical (unpaired) electrons. The number of aromatic nitrogens is 2. The van der Waals surface area contributed by atoms with E-state index in [0.29, 0.717) is 0 Å². The molecule has 1 heterocycles. The molecule has 1 aromatic carbocycles. The minimum Gasteiger partial charge on any atom is -0.342 e. The van der Waals surface area contributed by atoms with E-state index in [-0.39, 0.29) is 10.0 Å². The molecule has 1 aromatic heterocycles. The molecule has 16 heavy (non-hydrogen) atoms. The van der Waals surface area contributed by atoms with E-state index in [1.165, 1.54) is 17.6 Å². The minimum absolute atomic E-state index is 0.139. The fraction of sp³-hybridized carbons (Fsp3) is 0.111. The van der Waals surface area contributed by atoms with Gasteiger partial charge in [0.15, 0.2) is 0 Å². The zero-order valence-corrected chi connectivity index (χ0v) is 9.99. The van der Waals surface area contributed by atoms with Gasteiger partial charge in [0.25, 0.3) is 0 Å². The molecule has 7 heteroatoms. The van der Waals surface area contributed by atoms with Gasteiger partial charge < -0.3 is 9.82 Å². The van der Waals surface area contributed by atoms with E-state index in [0.717, 1.165) is 16.9 Å². The van der Waals surface area contributed by atoms with Gasteiger partial charge in [0.1, 0.15) is 0 Å². The highest BCUT2D eigenvalue weighted by Crippen LogP contribution is 2.28. The van der Waals surface area contributed by atoms with Gasteiger partial charge >= 0.3 is 0 Å². The molecule has 0 spiro atoms. The lowest BCUT2D eigenvalue weighted by molar-refractivity contribution is 0.603. The topological polar surface area (TPSA) is 74.0 Å². The van der Waals surface area contributed by atoms with Gasteiger partial charge in [-0.05, 0) is 19.1 Å². The molecule has 84 valence electrons. The number of rotatable bonds is 3. The molecule has 0 N–H and O–H groups in total. The van der Waals surface area contributed by atoms with Gasteiger partial charge in [-0.1, -0.05) is 17.7 Å². The van der Waals surface area contributed by atoms with Crippen LogP contribution < -0.4 is 0 Å². The Kier molecular flexibility index (Phi) is 2.88. The van der Waals surface area contributed by atoms with Crippen molar-refractivity contribution in [2.75, 3.05) is 0 Å². The van der Waals surface area contributed by atoms with E-state index in [2.05, 4.69) is 14.9 Å². The second-order valence-corrected chi connectivity index (χ2v) is 5.52. The van der Waals surface area contributed by atoms with Gasteiger partial charge in [0.2, 0.25) is 10.0 Å². The quantitative estimate of drug-likeness (QED) is 0.841. The maximum absolute atomic E-state index is 11.8. The van der Waals surface area contributed by atoms with Gasteiger partial charge in [-0.25, -0.2) is 8.42 Å². The minimum atomic E-state index is -3.67. The highest BCUT2D eigenvalue weighted by Gasteiger charge is 2.09. The molecule has 0 unspecified atom stereocenters. The second-order valence-electron chi connectivity index (χ2n) is 3.10. The molecular formula is C9H8N3O2S2-. The van der Waals surface area contributed by atoms with Crippen LogP contribution in [0.5, 0.6) is 0 Å². The summed E-state index contributed by atoms with van der Waals surface area (Å²) < 4.78 is 27.1. The summed E-state index contributed by atoms with van der Waals surface area (Å²) in [6.07, 6.45) is 0. The van der Waals surface area contributed by atoms with Gasteiger partial charge in [0, 0.05) is 5.13 Å². The molecule has 0 amide bonds. The van der Waals surface area contributed by atoms with Crippen LogP contribution in [0, 0.1) is 6.92 Å². The average molecular weight is 254 g/mol. The summed E-state index contributed by atoms with van der Waals surface area (Å²) in [6, 6.07) is 6.50. The Labute approximate surface area is 97.2 Å². The lowest BCUT2D eigenvalue weighted by Gasteiger charge is -2.10. The molecule has 0 aliphatic rings. The van der Waals surface area contributed by atoms with Crippen molar-refractivity contribution in [3.63, 3.8) is 0 Å². The summed E-state index contributed by atoms with van der Waals surface area (Å²) in [6.45, 7) is 1.89. The molecular weight excluding hydrogens is 246 g/mol. The van der Waals surface area contributed by atoms with E-state index < -0.39 is 10.0 Å². The van der Waals surface area contributed by atoms with Crippen molar-refractivity contribution in [1.29, 1.82) is 0 Å². The highest BCUT2D eigenvalue weighted by atomic mass is 32.2. The van der Waals surface area contributed by atoms with Gasteiger partial charge in [-0.3, -0.25) is 5.10 Å². The van der Waals surface area contributed by atoms with E-state index in [4.69, 9.17) is 0 Å². The summed E-state index contributed by atoms with van der Waals surface area (Å²) in [7, 11) is -3.67. The Morgan fingerprint density at radius 1 is 1.25 bits per heavy atom. The Bertz CT molecular complexity index is 561. The number of benzene rings is 1. The standard InChI is InChI=1S/C9H8N3O2S2/c1-7-2-4-8(5-3-7)16(13,14)12-9-11-10-6-15-9/h2-6H,1H3/q-1. The Morgan fingerprint density at radius 2 is 1.94 bits per heavy atom. The van der Waals surface area contributed by atoms with E-state index in [1.54, 1.807) is 12.1 Å². The maximum atomic E-state index is 11.8. The molecule has 0 saturated heterocycles. The van der Waals surface area contributed by atoms with Crippen molar-refractivity contribution >= 4 is 26.5 Å². The fourth-order valence-corrected chi connectivity index (χ4v) is 2.65. The number of hydrogen-bond donors (Lipinski definition) is 0. The predicted octanol–water partition coefficient (Wildman–Crippen LogP) is 2.24. The number of nitrogens with zero attached hydrogens (tertiary/aromatic N) is 3. The second kappa shape index (κ2) is 4.18. The molecule has 5 nitrogen and oxygen atoms in total. The first kappa shape index (κ1) is 11.0. The van der Waals surface area contributed by atoms with Crippen LogP contribution in [-0.4, -0.2) is 18.6 Å². The van der Waals surface area contributed by atoms with Crippen molar-refractivity contribution in [2.45, 2.75) is 11.8 Å². The molecule has 0 aliphatic heterocycles. The maximum Gasteiger partial charge on any atom is 0.203 e. The van der Waals surface area contributed by atoms with Crippen LogP contribution in [0.4, 0.5) is 5.13 Å². The Morgan fingerprint density at radius 3 is 2.50 bits per heavy atom. The lowest BCUT2D eigenvalue weighted by Crippen LogP contribution is -1.97. The van der Waals surface area contributed by atoms with E-state index in [1.807, 2.05) is 6.92 Å². The molecule has 0 bridgehead atoms. The third kappa shape index (κ3) is 2.37. The lowest BCUT2D eigenvalue weighted by atomic mass is 10.2. The van der Waals surface area contributed by atoms with Crippen LogP contribution in [0.25, 0.3) is 4.72 Å². The normalized spacial score (nSPS) is 11.3.